The fourth-order valence-electron chi connectivity index (χ4n) is 3.10. The van der Waals surface area contributed by atoms with E-state index < -0.39 is 17.2 Å². The van der Waals surface area contributed by atoms with Crippen molar-refractivity contribution in [3.8, 4) is 11.5 Å². The van der Waals surface area contributed by atoms with Crippen molar-refractivity contribution in [3.05, 3.63) is 21.9 Å². The maximum Gasteiger partial charge on any atom is 0.314 e. The van der Waals surface area contributed by atoms with Gasteiger partial charge in [0.15, 0.2) is 17.3 Å². The van der Waals surface area contributed by atoms with Gasteiger partial charge in [-0.05, 0) is 18.9 Å². The van der Waals surface area contributed by atoms with Gasteiger partial charge in [0.1, 0.15) is 13.2 Å². The minimum Gasteiger partial charge on any atom is -0.486 e. The number of fused-ring (bicyclic) bond motifs is 1. The molecule has 0 unspecified atom stereocenters. The van der Waals surface area contributed by atoms with Crippen molar-refractivity contribution in [2.45, 2.75) is 31.1 Å². The van der Waals surface area contributed by atoms with Crippen LogP contribution in [0.25, 0.3) is 0 Å². The highest BCUT2D eigenvalue weighted by molar-refractivity contribution is 9.10. The van der Waals surface area contributed by atoms with Gasteiger partial charge in [-0.2, -0.15) is 0 Å². The molecule has 0 aromatic heterocycles. The molecule has 0 bridgehead atoms. The highest BCUT2D eigenvalue weighted by atomic mass is 79.9. The van der Waals surface area contributed by atoms with Crippen LogP contribution in [-0.2, 0) is 10.2 Å². The summed E-state index contributed by atoms with van der Waals surface area (Å²) in [6.45, 7) is 0.632. The van der Waals surface area contributed by atoms with Gasteiger partial charge in [-0.25, -0.2) is 4.39 Å². The van der Waals surface area contributed by atoms with E-state index in [0.717, 1.165) is 12.8 Å². The molecular weight excluding hydrogens is 331 g/mol. The summed E-state index contributed by atoms with van der Waals surface area (Å²) in [4.78, 5) is 11.7. The Morgan fingerprint density at radius 1 is 1.30 bits per heavy atom. The third-order valence-corrected chi connectivity index (χ3v) is 4.70. The Balaban J connectivity index is 2.20. The van der Waals surface area contributed by atoms with Crippen LogP contribution in [0.5, 0.6) is 11.5 Å². The highest BCUT2D eigenvalue weighted by Gasteiger charge is 2.47. The van der Waals surface area contributed by atoms with Gasteiger partial charge in [-0.3, -0.25) is 4.79 Å². The summed E-state index contributed by atoms with van der Waals surface area (Å²) >= 11 is 3.30. The van der Waals surface area contributed by atoms with Gasteiger partial charge in [0.25, 0.3) is 0 Å². The summed E-state index contributed by atoms with van der Waals surface area (Å²) in [7, 11) is 0. The summed E-state index contributed by atoms with van der Waals surface area (Å²) < 4.78 is 25.9. The number of carboxylic acids is 1. The van der Waals surface area contributed by atoms with Crippen LogP contribution >= 0.6 is 15.9 Å². The van der Waals surface area contributed by atoms with E-state index in [1.165, 1.54) is 0 Å². The average Bonchev–Trinajstić information content (AvgIpc) is 2.89. The lowest BCUT2D eigenvalue weighted by Crippen LogP contribution is -2.34. The Kier molecular flexibility index (Phi) is 3.36. The number of aliphatic carboxylic acids is 1. The molecule has 6 heteroatoms. The summed E-state index contributed by atoms with van der Waals surface area (Å²) in [6.07, 6.45) is 2.45. The average molecular weight is 345 g/mol. The number of carboxylic acid groups (broad SMARTS) is 1. The van der Waals surface area contributed by atoms with E-state index in [1.807, 2.05) is 0 Å². The molecule has 1 heterocycles. The normalized spacial score (nSPS) is 19.9. The van der Waals surface area contributed by atoms with Crippen molar-refractivity contribution >= 4 is 21.9 Å². The number of hydrogen-bond acceptors (Lipinski definition) is 3. The first kappa shape index (κ1) is 13.7. The minimum absolute atomic E-state index is 0.0296. The third-order valence-electron chi connectivity index (χ3n) is 4.07. The van der Waals surface area contributed by atoms with Gasteiger partial charge in [0, 0.05) is 10.0 Å². The van der Waals surface area contributed by atoms with Gasteiger partial charge in [-0.15, -0.1) is 0 Å². The molecule has 0 radical (unpaired) electrons. The SMILES string of the molecule is O=C(O)C1(c2c(Br)cc3c(c2F)OCCO3)CCCC1. The van der Waals surface area contributed by atoms with Gasteiger partial charge in [-0.1, -0.05) is 28.8 Å². The van der Waals surface area contributed by atoms with Crippen LogP contribution < -0.4 is 9.47 Å². The summed E-state index contributed by atoms with van der Waals surface area (Å²) in [5, 5.41) is 9.61. The monoisotopic (exact) mass is 344 g/mol. The van der Waals surface area contributed by atoms with Crippen molar-refractivity contribution in [2.24, 2.45) is 0 Å². The molecule has 1 aliphatic heterocycles. The number of ether oxygens (including phenoxy) is 2. The molecule has 1 aliphatic carbocycles. The number of benzene rings is 1. The highest BCUT2D eigenvalue weighted by Crippen LogP contribution is 2.49. The number of halogens is 2. The van der Waals surface area contributed by atoms with Crippen molar-refractivity contribution in [3.63, 3.8) is 0 Å². The van der Waals surface area contributed by atoms with Crippen LogP contribution in [0.15, 0.2) is 10.5 Å². The zero-order valence-corrected chi connectivity index (χ0v) is 12.3. The van der Waals surface area contributed by atoms with Crippen LogP contribution in [0.2, 0.25) is 0 Å². The molecule has 20 heavy (non-hydrogen) atoms. The maximum atomic E-state index is 14.8. The van der Waals surface area contributed by atoms with E-state index in [2.05, 4.69) is 15.9 Å². The minimum atomic E-state index is -1.17. The zero-order chi connectivity index (χ0) is 14.3. The van der Waals surface area contributed by atoms with Crippen LogP contribution in [0, 0.1) is 5.82 Å². The van der Waals surface area contributed by atoms with E-state index in [-0.39, 0.29) is 17.9 Å². The Morgan fingerprint density at radius 2 is 1.95 bits per heavy atom. The second-order valence-electron chi connectivity index (χ2n) is 5.17. The number of hydrogen-bond donors (Lipinski definition) is 1. The predicted octanol–water partition coefficient (Wildman–Crippen LogP) is 3.26. The maximum absolute atomic E-state index is 14.8. The molecular formula is C14H14BrFO4. The van der Waals surface area contributed by atoms with Crippen molar-refractivity contribution < 1.29 is 23.8 Å². The van der Waals surface area contributed by atoms with Crippen LogP contribution in [0.3, 0.4) is 0 Å². The Bertz CT molecular complexity index is 567. The molecule has 0 atom stereocenters. The molecule has 2 aliphatic rings. The first-order valence-corrected chi connectivity index (χ1v) is 7.37. The molecule has 1 aromatic carbocycles. The summed E-state index contributed by atoms with van der Waals surface area (Å²) in [6, 6.07) is 1.61. The Hall–Kier alpha value is -1.30. The van der Waals surface area contributed by atoms with Crippen molar-refractivity contribution in [1.82, 2.24) is 0 Å². The van der Waals surface area contributed by atoms with Gasteiger partial charge >= 0.3 is 5.97 Å². The molecule has 1 N–H and O–H groups in total. The number of rotatable bonds is 2. The second-order valence-corrected chi connectivity index (χ2v) is 6.02. The lowest BCUT2D eigenvalue weighted by atomic mass is 9.78. The molecule has 0 spiro atoms. The molecule has 0 saturated heterocycles. The Labute approximate surface area is 124 Å². The molecule has 1 saturated carbocycles. The first-order chi connectivity index (χ1) is 9.56. The van der Waals surface area contributed by atoms with Gasteiger partial charge < -0.3 is 14.6 Å². The molecule has 108 valence electrons. The van der Waals surface area contributed by atoms with E-state index in [1.54, 1.807) is 6.07 Å². The number of carbonyl (C=O) groups is 1. The smallest absolute Gasteiger partial charge is 0.314 e. The van der Waals surface area contributed by atoms with Crippen LogP contribution in [-0.4, -0.2) is 24.3 Å². The lowest BCUT2D eigenvalue weighted by Gasteiger charge is -2.29. The standard InChI is InChI=1S/C14H14BrFO4/c15-8-7-9-12(20-6-5-19-9)11(16)10(8)14(13(17)18)3-1-2-4-14/h7H,1-6H2,(H,17,18). The van der Waals surface area contributed by atoms with Crippen molar-refractivity contribution in [1.29, 1.82) is 0 Å². The van der Waals surface area contributed by atoms with E-state index >= 15 is 0 Å². The lowest BCUT2D eigenvalue weighted by molar-refractivity contribution is -0.143. The Morgan fingerprint density at radius 3 is 2.60 bits per heavy atom. The fraction of sp³-hybridized carbons (Fsp3) is 0.500. The molecule has 1 fully saturated rings. The third kappa shape index (κ3) is 1.89. The molecule has 3 rings (SSSR count). The van der Waals surface area contributed by atoms with Gasteiger partial charge in [0.05, 0.1) is 5.41 Å². The van der Waals surface area contributed by atoms with Crippen LogP contribution in [0.4, 0.5) is 4.39 Å². The summed E-state index contributed by atoms with van der Waals surface area (Å²) in [5.41, 5.74) is -0.981. The van der Waals surface area contributed by atoms with E-state index in [0.29, 0.717) is 29.7 Å². The quantitative estimate of drug-likeness (QED) is 0.894. The van der Waals surface area contributed by atoms with Crippen LogP contribution in [0.1, 0.15) is 31.2 Å². The topological polar surface area (TPSA) is 55.8 Å². The van der Waals surface area contributed by atoms with E-state index in [9.17, 15) is 14.3 Å². The fourth-order valence-corrected chi connectivity index (χ4v) is 3.87. The summed E-state index contributed by atoms with van der Waals surface area (Å²) in [5.74, 6) is -1.24. The molecule has 1 aromatic rings. The molecule has 0 amide bonds. The first-order valence-electron chi connectivity index (χ1n) is 6.58. The van der Waals surface area contributed by atoms with E-state index in [4.69, 9.17) is 9.47 Å². The molecule has 4 nitrogen and oxygen atoms in total. The van der Waals surface area contributed by atoms with Gasteiger partial charge in [0.2, 0.25) is 0 Å². The largest absolute Gasteiger partial charge is 0.486 e. The predicted molar refractivity (Wildman–Crippen MR) is 72.9 cm³/mol. The second kappa shape index (κ2) is 4.91. The van der Waals surface area contributed by atoms with Crippen molar-refractivity contribution in [2.75, 3.05) is 13.2 Å². The zero-order valence-electron chi connectivity index (χ0n) is 10.7.